The molecule has 5 nitrogen and oxygen atoms in total. The van der Waals surface area contributed by atoms with Crippen molar-refractivity contribution < 1.29 is 0 Å². The highest BCUT2D eigenvalue weighted by Gasteiger charge is 2.18. The van der Waals surface area contributed by atoms with Crippen molar-refractivity contribution in [3.8, 4) is 0 Å². The maximum Gasteiger partial charge on any atom is 0.134 e. The third kappa shape index (κ3) is 5.43. The summed E-state index contributed by atoms with van der Waals surface area (Å²) in [5, 5.41) is 3.41. The molecule has 0 bridgehead atoms. The van der Waals surface area contributed by atoms with Crippen molar-refractivity contribution in [3.63, 3.8) is 0 Å². The quantitative estimate of drug-likeness (QED) is 0.747. The fraction of sp³-hybridized carbons (Fsp3) is 0.500. The monoisotopic (exact) mass is 339 g/mol. The van der Waals surface area contributed by atoms with Crippen LogP contribution in [0.25, 0.3) is 0 Å². The van der Waals surface area contributed by atoms with Crippen molar-refractivity contribution in [2.75, 3.05) is 42.9 Å². The number of anilines is 2. The molecular formula is C20H29N5. The van der Waals surface area contributed by atoms with Crippen molar-refractivity contribution in [2.45, 2.75) is 32.7 Å². The maximum atomic E-state index is 4.47. The van der Waals surface area contributed by atoms with Gasteiger partial charge in [0.1, 0.15) is 18.0 Å². The summed E-state index contributed by atoms with van der Waals surface area (Å²) >= 11 is 0. The third-order valence-electron chi connectivity index (χ3n) is 4.68. The van der Waals surface area contributed by atoms with Crippen LogP contribution in [0.2, 0.25) is 0 Å². The van der Waals surface area contributed by atoms with E-state index in [9.17, 15) is 0 Å². The van der Waals surface area contributed by atoms with Gasteiger partial charge in [-0.1, -0.05) is 50.1 Å². The molecule has 2 aromatic rings. The van der Waals surface area contributed by atoms with Crippen molar-refractivity contribution in [1.29, 1.82) is 0 Å². The van der Waals surface area contributed by atoms with Crippen molar-refractivity contribution in [2.24, 2.45) is 0 Å². The first-order valence-corrected chi connectivity index (χ1v) is 9.42. The average Bonchev–Trinajstić information content (AvgIpc) is 2.67. The summed E-state index contributed by atoms with van der Waals surface area (Å²) in [4.78, 5) is 13.7. The van der Waals surface area contributed by atoms with E-state index in [4.69, 9.17) is 0 Å². The smallest absolute Gasteiger partial charge is 0.134 e. The van der Waals surface area contributed by atoms with Crippen LogP contribution in [-0.4, -0.2) is 47.6 Å². The molecule has 0 atom stereocenters. The van der Waals surface area contributed by atoms with Gasteiger partial charge in [0.25, 0.3) is 0 Å². The van der Waals surface area contributed by atoms with Gasteiger partial charge in [-0.05, 0) is 12.0 Å². The molecule has 0 spiro atoms. The summed E-state index contributed by atoms with van der Waals surface area (Å²) in [5.41, 5.74) is 1.39. The van der Waals surface area contributed by atoms with Crippen LogP contribution in [0.3, 0.4) is 0 Å². The van der Waals surface area contributed by atoms with Crippen LogP contribution in [0.5, 0.6) is 0 Å². The first-order valence-electron chi connectivity index (χ1n) is 9.42. The molecule has 1 N–H and O–H groups in total. The lowest BCUT2D eigenvalue weighted by atomic mass is 10.2. The Balaban J connectivity index is 1.49. The number of nitrogens with one attached hydrogen (secondary N) is 1. The molecule has 25 heavy (non-hydrogen) atoms. The number of hydrogen-bond donors (Lipinski definition) is 1. The summed E-state index contributed by atoms with van der Waals surface area (Å²) in [7, 11) is 0. The summed E-state index contributed by atoms with van der Waals surface area (Å²) in [5.74, 6) is 1.97. The Kier molecular flexibility index (Phi) is 6.63. The number of rotatable bonds is 8. The molecule has 0 radical (unpaired) electrons. The standard InChI is InChI=1S/C20H29N5/c1-2-3-7-10-21-19-15-20(23-17-22-19)25-13-11-24(12-14-25)16-18-8-5-4-6-9-18/h4-6,8-9,15,17H,2-3,7,10-14,16H2,1H3,(H,21,22,23). The normalized spacial score (nSPS) is 15.3. The van der Waals surface area contributed by atoms with Crippen molar-refractivity contribution in [3.05, 3.63) is 48.3 Å². The number of hydrogen-bond acceptors (Lipinski definition) is 5. The van der Waals surface area contributed by atoms with E-state index < -0.39 is 0 Å². The largest absolute Gasteiger partial charge is 0.370 e. The zero-order valence-corrected chi connectivity index (χ0v) is 15.2. The molecule has 1 aliphatic heterocycles. The summed E-state index contributed by atoms with van der Waals surface area (Å²) in [6, 6.07) is 12.8. The van der Waals surface area contributed by atoms with Crippen LogP contribution in [0.1, 0.15) is 31.7 Å². The Labute approximate surface area is 151 Å². The zero-order valence-electron chi connectivity index (χ0n) is 15.2. The minimum absolute atomic E-state index is 0.938. The minimum Gasteiger partial charge on any atom is -0.370 e. The van der Waals surface area contributed by atoms with Gasteiger partial charge in [-0.3, -0.25) is 4.90 Å². The lowest BCUT2D eigenvalue weighted by molar-refractivity contribution is 0.249. The first-order chi connectivity index (χ1) is 12.3. The Morgan fingerprint density at radius 2 is 1.80 bits per heavy atom. The van der Waals surface area contributed by atoms with Gasteiger partial charge in [-0.15, -0.1) is 0 Å². The molecule has 2 heterocycles. The van der Waals surface area contributed by atoms with Gasteiger partial charge in [0.2, 0.25) is 0 Å². The molecule has 134 valence electrons. The van der Waals surface area contributed by atoms with Crippen LogP contribution >= 0.6 is 0 Å². The van der Waals surface area contributed by atoms with Crippen LogP contribution in [0.15, 0.2) is 42.7 Å². The fourth-order valence-corrected chi connectivity index (χ4v) is 3.18. The average molecular weight is 339 g/mol. The van der Waals surface area contributed by atoms with Gasteiger partial charge >= 0.3 is 0 Å². The molecule has 0 aliphatic carbocycles. The first kappa shape index (κ1) is 17.7. The molecular weight excluding hydrogens is 310 g/mol. The Morgan fingerprint density at radius 3 is 2.56 bits per heavy atom. The van der Waals surface area contributed by atoms with Gasteiger partial charge in [-0.25, -0.2) is 9.97 Å². The highest BCUT2D eigenvalue weighted by Crippen LogP contribution is 2.17. The van der Waals surface area contributed by atoms with E-state index in [1.165, 1.54) is 24.8 Å². The van der Waals surface area contributed by atoms with Crippen LogP contribution in [0, 0.1) is 0 Å². The fourth-order valence-electron chi connectivity index (χ4n) is 3.18. The molecule has 1 aromatic carbocycles. The van der Waals surface area contributed by atoms with Crippen molar-refractivity contribution >= 4 is 11.6 Å². The molecule has 5 heteroatoms. The maximum absolute atomic E-state index is 4.47. The van der Waals surface area contributed by atoms with Gasteiger partial charge in [0, 0.05) is 45.3 Å². The number of aromatic nitrogens is 2. The Morgan fingerprint density at radius 1 is 1.00 bits per heavy atom. The predicted octanol–water partition coefficient (Wildman–Crippen LogP) is 3.40. The van der Waals surface area contributed by atoms with E-state index in [2.05, 4.69) is 68.4 Å². The number of unbranched alkanes of at least 4 members (excludes halogenated alkanes) is 2. The summed E-state index contributed by atoms with van der Waals surface area (Å²) < 4.78 is 0. The summed E-state index contributed by atoms with van der Waals surface area (Å²) in [6.45, 7) is 8.40. The molecule has 1 fully saturated rings. The Hall–Kier alpha value is -2.14. The predicted molar refractivity (Wildman–Crippen MR) is 104 cm³/mol. The number of nitrogens with zero attached hydrogens (tertiary/aromatic N) is 4. The third-order valence-corrected chi connectivity index (χ3v) is 4.68. The van der Waals surface area contributed by atoms with Crippen LogP contribution in [0.4, 0.5) is 11.6 Å². The van der Waals surface area contributed by atoms with Gasteiger partial charge in [0.05, 0.1) is 0 Å². The number of piperazine rings is 1. The number of benzene rings is 1. The van der Waals surface area contributed by atoms with Crippen LogP contribution in [-0.2, 0) is 6.54 Å². The van der Waals surface area contributed by atoms with Crippen LogP contribution < -0.4 is 10.2 Å². The highest BCUT2D eigenvalue weighted by molar-refractivity contribution is 5.48. The zero-order chi connectivity index (χ0) is 17.3. The topological polar surface area (TPSA) is 44.3 Å². The van der Waals surface area contributed by atoms with Gasteiger partial charge in [-0.2, -0.15) is 0 Å². The molecule has 0 amide bonds. The molecule has 1 saturated heterocycles. The minimum atomic E-state index is 0.938. The lowest BCUT2D eigenvalue weighted by Gasteiger charge is -2.35. The van der Waals surface area contributed by atoms with Gasteiger partial charge < -0.3 is 10.2 Å². The van der Waals surface area contributed by atoms with E-state index in [0.29, 0.717) is 0 Å². The molecule has 1 aromatic heterocycles. The van der Waals surface area contributed by atoms with E-state index in [-0.39, 0.29) is 0 Å². The van der Waals surface area contributed by atoms with E-state index in [1.807, 2.05) is 0 Å². The SMILES string of the molecule is CCCCCNc1cc(N2CCN(Cc3ccccc3)CC2)ncn1. The lowest BCUT2D eigenvalue weighted by Crippen LogP contribution is -2.46. The molecule has 0 saturated carbocycles. The molecule has 1 aliphatic rings. The van der Waals surface area contributed by atoms with E-state index in [1.54, 1.807) is 6.33 Å². The molecule has 3 rings (SSSR count). The summed E-state index contributed by atoms with van der Waals surface area (Å²) in [6.07, 6.45) is 5.36. The second kappa shape index (κ2) is 9.37. The molecule has 0 unspecified atom stereocenters. The van der Waals surface area contributed by atoms with E-state index >= 15 is 0 Å². The van der Waals surface area contributed by atoms with E-state index in [0.717, 1.165) is 50.9 Å². The highest BCUT2D eigenvalue weighted by atomic mass is 15.3. The second-order valence-corrected chi connectivity index (χ2v) is 6.64. The Bertz CT molecular complexity index is 623. The van der Waals surface area contributed by atoms with Gasteiger partial charge in [0.15, 0.2) is 0 Å². The van der Waals surface area contributed by atoms with Crippen molar-refractivity contribution in [1.82, 2.24) is 14.9 Å². The second-order valence-electron chi connectivity index (χ2n) is 6.64.